The summed E-state index contributed by atoms with van der Waals surface area (Å²) in [7, 11) is 0. The summed E-state index contributed by atoms with van der Waals surface area (Å²) in [6.45, 7) is 6.79. The van der Waals surface area contributed by atoms with Crippen molar-refractivity contribution in [2.75, 3.05) is 0 Å². The SMILES string of the molecule is CCCCC(C)C.Cl.Cl. The molecule has 0 atom stereocenters. The lowest BCUT2D eigenvalue weighted by molar-refractivity contribution is 0.550. The van der Waals surface area contributed by atoms with Gasteiger partial charge in [-0.1, -0.05) is 40.0 Å². The molecule has 0 fully saturated rings. The molecular formula is C7H18Cl2. The molecule has 0 saturated carbocycles. The zero-order valence-corrected chi connectivity index (χ0v) is 8.15. The van der Waals surface area contributed by atoms with Gasteiger partial charge in [0.1, 0.15) is 0 Å². The van der Waals surface area contributed by atoms with E-state index in [4.69, 9.17) is 0 Å². The second kappa shape index (κ2) is 11.4. The highest BCUT2D eigenvalue weighted by Gasteiger charge is 1.88. The molecule has 0 bridgehead atoms. The Morgan fingerprint density at radius 2 is 1.56 bits per heavy atom. The summed E-state index contributed by atoms with van der Waals surface area (Å²) < 4.78 is 0. The predicted molar refractivity (Wildman–Crippen MR) is 48.9 cm³/mol. The Labute approximate surface area is 71.2 Å². The lowest BCUT2D eigenvalue weighted by Gasteiger charge is -1.98. The molecule has 0 aromatic rings. The monoisotopic (exact) mass is 172 g/mol. The average molecular weight is 173 g/mol. The van der Waals surface area contributed by atoms with Crippen LogP contribution in [0.2, 0.25) is 0 Å². The molecule has 0 rings (SSSR count). The van der Waals surface area contributed by atoms with Crippen LogP contribution in [-0.4, -0.2) is 0 Å². The molecule has 0 aliphatic rings. The van der Waals surface area contributed by atoms with Crippen LogP contribution < -0.4 is 0 Å². The molecule has 0 amide bonds. The van der Waals surface area contributed by atoms with Crippen LogP contribution in [-0.2, 0) is 0 Å². The van der Waals surface area contributed by atoms with Gasteiger partial charge in [0.15, 0.2) is 0 Å². The van der Waals surface area contributed by atoms with E-state index in [2.05, 4.69) is 20.8 Å². The van der Waals surface area contributed by atoms with Crippen molar-refractivity contribution < 1.29 is 0 Å². The van der Waals surface area contributed by atoms with Crippen molar-refractivity contribution in [1.82, 2.24) is 0 Å². The lowest BCUT2D eigenvalue weighted by atomic mass is 10.1. The van der Waals surface area contributed by atoms with Gasteiger partial charge in [-0.3, -0.25) is 0 Å². The van der Waals surface area contributed by atoms with Crippen LogP contribution in [0.3, 0.4) is 0 Å². The second-order valence-electron chi connectivity index (χ2n) is 2.54. The van der Waals surface area contributed by atoms with Crippen LogP contribution in [0.1, 0.15) is 40.0 Å². The fraction of sp³-hybridized carbons (Fsp3) is 1.00. The fourth-order valence-electron chi connectivity index (χ4n) is 0.612. The van der Waals surface area contributed by atoms with Gasteiger partial charge in [-0.2, -0.15) is 0 Å². The van der Waals surface area contributed by atoms with E-state index in [0.29, 0.717) is 0 Å². The van der Waals surface area contributed by atoms with Crippen LogP contribution in [0, 0.1) is 5.92 Å². The predicted octanol–water partition coefficient (Wildman–Crippen LogP) is 3.68. The molecule has 0 unspecified atom stereocenters. The minimum Gasteiger partial charge on any atom is -0.147 e. The topological polar surface area (TPSA) is 0 Å². The molecule has 0 nitrogen and oxygen atoms in total. The van der Waals surface area contributed by atoms with Crippen LogP contribution in [0.15, 0.2) is 0 Å². The Morgan fingerprint density at radius 3 is 1.67 bits per heavy atom. The Morgan fingerprint density at radius 1 is 1.11 bits per heavy atom. The third-order valence-corrected chi connectivity index (χ3v) is 1.14. The van der Waals surface area contributed by atoms with E-state index in [1.165, 1.54) is 19.3 Å². The number of hydrogen-bond donors (Lipinski definition) is 0. The third kappa shape index (κ3) is 17.7. The van der Waals surface area contributed by atoms with Gasteiger partial charge in [-0.15, -0.1) is 24.8 Å². The summed E-state index contributed by atoms with van der Waals surface area (Å²) >= 11 is 0. The zero-order chi connectivity index (χ0) is 5.70. The summed E-state index contributed by atoms with van der Waals surface area (Å²) in [5.74, 6) is 0.903. The number of unbranched alkanes of at least 4 members (excludes halogenated alkanes) is 1. The molecular weight excluding hydrogens is 155 g/mol. The molecule has 60 valence electrons. The van der Waals surface area contributed by atoms with Crippen molar-refractivity contribution >= 4 is 24.8 Å². The van der Waals surface area contributed by atoms with E-state index < -0.39 is 0 Å². The van der Waals surface area contributed by atoms with Gasteiger partial charge in [0.2, 0.25) is 0 Å². The van der Waals surface area contributed by atoms with E-state index in [1.54, 1.807) is 0 Å². The first kappa shape index (κ1) is 16.3. The molecule has 0 saturated heterocycles. The summed E-state index contributed by atoms with van der Waals surface area (Å²) in [5.41, 5.74) is 0. The molecule has 0 aromatic carbocycles. The largest absolute Gasteiger partial charge is 0.147 e. The maximum Gasteiger partial charge on any atom is -0.0471 e. The molecule has 0 spiro atoms. The fourth-order valence-corrected chi connectivity index (χ4v) is 0.612. The maximum absolute atomic E-state index is 2.27. The van der Waals surface area contributed by atoms with Crippen molar-refractivity contribution in [2.24, 2.45) is 5.92 Å². The molecule has 0 aliphatic carbocycles. The van der Waals surface area contributed by atoms with E-state index in [-0.39, 0.29) is 24.8 Å². The molecule has 9 heavy (non-hydrogen) atoms. The summed E-state index contributed by atoms with van der Waals surface area (Å²) in [4.78, 5) is 0. The highest BCUT2D eigenvalue weighted by molar-refractivity contribution is 5.85. The third-order valence-electron chi connectivity index (χ3n) is 1.14. The van der Waals surface area contributed by atoms with Gasteiger partial charge in [0.25, 0.3) is 0 Å². The first-order valence-corrected chi connectivity index (χ1v) is 3.27. The van der Waals surface area contributed by atoms with Crippen LogP contribution >= 0.6 is 24.8 Å². The van der Waals surface area contributed by atoms with Gasteiger partial charge in [-0.25, -0.2) is 0 Å². The molecule has 0 radical (unpaired) electrons. The molecule has 0 aromatic heterocycles. The minimum absolute atomic E-state index is 0. The van der Waals surface area contributed by atoms with Crippen molar-refractivity contribution in [3.05, 3.63) is 0 Å². The van der Waals surface area contributed by atoms with Crippen LogP contribution in [0.5, 0.6) is 0 Å². The summed E-state index contributed by atoms with van der Waals surface area (Å²) in [5, 5.41) is 0. The Balaban J connectivity index is -0.000000180. The molecule has 0 N–H and O–H groups in total. The van der Waals surface area contributed by atoms with Gasteiger partial charge in [-0.05, 0) is 5.92 Å². The highest BCUT2D eigenvalue weighted by atomic mass is 35.5. The number of hydrogen-bond acceptors (Lipinski definition) is 0. The van der Waals surface area contributed by atoms with E-state index in [1.807, 2.05) is 0 Å². The van der Waals surface area contributed by atoms with Crippen molar-refractivity contribution in [1.29, 1.82) is 0 Å². The van der Waals surface area contributed by atoms with E-state index in [0.717, 1.165) is 5.92 Å². The quantitative estimate of drug-likeness (QED) is 0.610. The van der Waals surface area contributed by atoms with Crippen molar-refractivity contribution in [3.63, 3.8) is 0 Å². The molecule has 0 aliphatic heterocycles. The smallest absolute Gasteiger partial charge is 0.0471 e. The molecule has 2 heteroatoms. The zero-order valence-electron chi connectivity index (χ0n) is 6.52. The lowest BCUT2D eigenvalue weighted by Crippen LogP contribution is -1.83. The van der Waals surface area contributed by atoms with Crippen molar-refractivity contribution in [2.45, 2.75) is 40.0 Å². The Bertz CT molecular complexity index is 35.9. The Hall–Kier alpha value is 0.580. The maximum atomic E-state index is 2.27. The van der Waals surface area contributed by atoms with Gasteiger partial charge in [0, 0.05) is 0 Å². The second-order valence-corrected chi connectivity index (χ2v) is 2.54. The van der Waals surface area contributed by atoms with Gasteiger partial charge >= 0.3 is 0 Å². The number of halogens is 2. The highest BCUT2D eigenvalue weighted by Crippen LogP contribution is 2.04. The van der Waals surface area contributed by atoms with Crippen molar-refractivity contribution in [3.8, 4) is 0 Å². The molecule has 0 heterocycles. The van der Waals surface area contributed by atoms with Gasteiger partial charge in [0.05, 0.1) is 0 Å². The summed E-state index contributed by atoms with van der Waals surface area (Å²) in [6.07, 6.45) is 4.15. The average Bonchev–Trinajstić information content (AvgIpc) is 1.61. The van der Waals surface area contributed by atoms with Gasteiger partial charge < -0.3 is 0 Å². The first-order chi connectivity index (χ1) is 3.27. The van der Waals surface area contributed by atoms with Crippen LogP contribution in [0.25, 0.3) is 0 Å². The first-order valence-electron chi connectivity index (χ1n) is 3.27. The van der Waals surface area contributed by atoms with E-state index in [9.17, 15) is 0 Å². The normalized spacial score (nSPS) is 8.00. The number of rotatable bonds is 3. The van der Waals surface area contributed by atoms with Crippen LogP contribution in [0.4, 0.5) is 0 Å². The summed E-state index contributed by atoms with van der Waals surface area (Å²) in [6, 6.07) is 0. The minimum atomic E-state index is 0. The standard InChI is InChI=1S/C7H16.2ClH/c1-4-5-6-7(2)3;;/h7H,4-6H2,1-3H3;2*1H. The van der Waals surface area contributed by atoms with E-state index >= 15 is 0 Å². The Kier molecular flexibility index (Phi) is 20.6.